The zero-order valence-corrected chi connectivity index (χ0v) is 12.2. The van der Waals surface area contributed by atoms with E-state index in [1.165, 1.54) is 0 Å². The van der Waals surface area contributed by atoms with Crippen molar-refractivity contribution in [1.29, 1.82) is 0 Å². The highest BCUT2D eigenvalue weighted by Crippen LogP contribution is 2.23. The molecule has 140 valence electrons. The summed E-state index contributed by atoms with van der Waals surface area (Å²) in [6, 6.07) is 0. The lowest BCUT2D eigenvalue weighted by molar-refractivity contribution is -0.231. The molecule has 12 heteroatoms. The van der Waals surface area contributed by atoms with E-state index in [2.05, 4.69) is 0 Å². The van der Waals surface area contributed by atoms with Crippen molar-refractivity contribution in [2.45, 2.75) is 54.9 Å². The molecule has 0 radical (unpaired) electrons. The smallest absolute Gasteiger partial charge is 0.335 e. The van der Waals surface area contributed by atoms with Crippen molar-refractivity contribution in [2.75, 3.05) is 6.61 Å². The highest BCUT2D eigenvalue weighted by atomic mass is 16.5. The number of hydrogen-bond acceptors (Lipinski definition) is 11. The summed E-state index contributed by atoms with van der Waals surface area (Å²) in [6.45, 7) is -0.840. The number of ketones is 1. The van der Waals surface area contributed by atoms with Crippen LogP contribution in [0.15, 0.2) is 0 Å². The first-order valence-electron chi connectivity index (χ1n) is 6.83. The van der Waals surface area contributed by atoms with Gasteiger partial charge in [-0.05, 0) is 0 Å². The maximum absolute atomic E-state index is 12.1. The molecule has 9 N–H and O–H groups in total. The van der Waals surface area contributed by atoms with E-state index in [1.807, 2.05) is 0 Å². The molecule has 1 rings (SSSR count). The Morgan fingerprint density at radius 2 is 1.38 bits per heavy atom. The highest BCUT2D eigenvalue weighted by Gasteiger charge is 2.49. The van der Waals surface area contributed by atoms with Gasteiger partial charge in [0.1, 0.15) is 48.8 Å². The molecule has 9 atom stereocenters. The fourth-order valence-corrected chi connectivity index (χ4v) is 2.19. The number of aliphatic hydroxyl groups is 8. The molecule has 5 unspecified atom stereocenters. The lowest BCUT2D eigenvalue weighted by atomic mass is 9.89. The van der Waals surface area contributed by atoms with E-state index in [1.54, 1.807) is 0 Å². The third-order valence-corrected chi connectivity index (χ3v) is 3.71. The number of hydrogen-bond donors (Lipinski definition) is 9. The SMILES string of the molecule is O=C(O)C(O)C(O)C(O)C(O)C(=O)C1O[C@H](CO)[C@@H](O)[C@H](O)[C@@H]1O. The largest absolute Gasteiger partial charge is 0.479 e. The molecule has 12 nitrogen and oxygen atoms in total. The number of carboxylic acid groups (broad SMARTS) is 1. The summed E-state index contributed by atoms with van der Waals surface area (Å²) >= 11 is 0. The van der Waals surface area contributed by atoms with Gasteiger partial charge in [-0.15, -0.1) is 0 Å². The number of carbonyl (C=O) groups excluding carboxylic acids is 1. The van der Waals surface area contributed by atoms with Crippen molar-refractivity contribution in [2.24, 2.45) is 0 Å². The van der Waals surface area contributed by atoms with E-state index >= 15 is 0 Å². The van der Waals surface area contributed by atoms with E-state index in [4.69, 9.17) is 20.1 Å². The Balaban J connectivity index is 2.89. The standard InChI is InChI=1S/C12H20O12/c13-1-2-3(14)4(15)8(19)11(24-2)9(20)6(17)5(16)7(18)10(21)12(22)23/h2-8,10-11,13-19,21H,1H2,(H,22,23)/t2-,3-,4+,5?,6?,7?,8+,10?,11?/m1/s1. The minimum Gasteiger partial charge on any atom is -0.479 e. The summed E-state index contributed by atoms with van der Waals surface area (Å²) in [6.07, 6.45) is -19.0. The van der Waals surface area contributed by atoms with Crippen LogP contribution in [-0.2, 0) is 14.3 Å². The molecule has 1 heterocycles. The Bertz CT molecular complexity index is 453. The van der Waals surface area contributed by atoms with Gasteiger partial charge in [-0.1, -0.05) is 0 Å². The molecule has 1 fully saturated rings. The van der Waals surface area contributed by atoms with Gasteiger partial charge in [-0.2, -0.15) is 0 Å². The summed E-state index contributed by atoms with van der Waals surface area (Å²) < 4.78 is 4.86. The molecule has 0 aromatic rings. The molecule has 0 amide bonds. The Hall–Kier alpha value is -1.22. The predicted octanol–water partition coefficient (Wildman–Crippen LogP) is -6.07. The number of carboxylic acids is 1. The number of carbonyl (C=O) groups is 2. The average molecular weight is 356 g/mol. The van der Waals surface area contributed by atoms with Gasteiger partial charge >= 0.3 is 5.97 Å². The Morgan fingerprint density at radius 3 is 1.83 bits per heavy atom. The normalized spacial score (nSPS) is 35.8. The second kappa shape index (κ2) is 8.24. The first-order chi connectivity index (χ1) is 11.0. The Kier molecular flexibility index (Phi) is 7.15. The number of rotatable bonds is 7. The van der Waals surface area contributed by atoms with E-state index in [9.17, 15) is 40.2 Å². The van der Waals surface area contributed by atoms with Gasteiger partial charge in [-0.25, -0.2) is 4.79 Å². The van der Waals surface area contributed by atoms with Gasteiger partial charge in [0.2, 0.25) is 0 Å². The molecule has 0 aromatic heterocycles. The highest BCUT2D eigenvalue weighted by molar-refractivity contribution is 5.88. The van der Waals surface area contributed by atoms with Crippen LogP contribution < -0.4 is 0 Å². The van der Waals surface area contributed by atoms with Crippen LogP contribution in [-0.4, -0.2) is 119 Å². The minimum atomic E-state index is -2.50. The molecule has 0 aliphatic carbocycles. The lowest BCUT2D eigenvalue weighted by Gasteiger charge is -2.40. The number of Topliss-reactive ketones (excluding diaryl/α,β-unsaturated/α-hetero) is 1. The van der Waals surface area contributed by atoms with Crippen LogP contribution in [0.25, 0.3) is 0 Å². The van der Waals surface area contributed by atoms with E-state index < -0.39 is 73.3 Å². The van der Waals surface area contributed by atoms with Crippen LogP contribution in [0.1, 0.15) is 0 Å². The molecule has 24 heavy (non-hydrogen) atoms. The van der Waals surface area contributed by atoms with Gasteiger partial charge in [0.05, 0.1) is 6.61 Å². The second-order valence-corrected chi connectivity index (χ2v) is 5.36. The zero-order valence-electron chi connectivity index (χ0n) is 12.2. The fraction of sp³-hybridized carbons (Fsp3) is 0.833. The summed E-state index contributed by atoms with van der Waals surface area (Å²) in [5, 5.41) is 84.1. The van der Waals surface area contributed by atoms with Gasteiger partial charge in [-0.3, -0.25) is 4.79 Å². The molecule has 0 spiro atoms. The third kappa shape index (κ3) is 4.05. The van der Waals surface area contributed by atoms with Crippen molar-refractivity contribution in [3.8, 4) is 0 Å². The molecular weight excluding hydrogens is 336 g/mol. The predicted molar refractivity (Wildman–Crippen MR) is 70.4 cm³/mol. The van der Waals surface area contributed by atoms with Gasteiger partial charge in [0.15, 0.2) is 11.9 Å². The minimum absolute atomic E-state index is 0.840. The third-order valence-electron chi connectivity index (χ3n) is 3.71. The molecule has 1 aliphatic heterocycles. The first-order valence-corrected chi connectivity index (χ1v) is 6.83. The number of aliphatic hydroxyl groups excluding tert-OH is 8. The molecule has 0 bridgehead atoms. The van der Waals surface area contributed by atoms with Crippen LogP contribution >= 0.6 is 0 Å². The zero-order chi connectivity index (χ0) is 18.8. The second-order valence-electron chi connectivity index (χ2n) is 5.36. The van der Waals surface area contributed by atoms with Crippen molar-refractivity contribution < 1.29 is 60.3 Å². The van der Waals surface area contributed by atoms with Crippen LogP contribution in [0, 0.1) is 0 Å². The fourth-order valence-electron chi connectivity index (χ4n) is 2.19. The first kappa shape index (κ1) is 20.8. The van der Waals surface area contributed by atoms with Gasteiger partial charge < -0.3 is 50.7 Å². The van der Waals surface area contributed by atoms with Crippen molar-refractivity contribution >= 4 is 11.8 Å². The van der Waals surface area contributed by atoms with Crippen molar-refractivity contribution in [3.05, 3.63) is 0 Å². The van der Waals surface area contributed by atoms with Crippen molar-refractivity contribution in [1.82, 2.24) is 0 Å². The molecule has 1 aliphatic rings. The quantitative estimate of drug-likeness (QED) is 0.208. The summed E-state index contributed by atoms with van der Waals surface area (Å²) in [4.78, 5) is 22.6. The number of ether oxygens (including phenoxy) is 1. The molecule has 1 saturated heterocycles. The molecular formula is C12H20O12. The summed E-state index contributed by atoms with van der Waals surface area (Å²) in [7, 11) is 0. The maximum atomic E-state index is 12.1. The summed E-state index contributed by atoms with van der Waals surface area (Å²) in [5.74, 6) is -3.38. The lowest BCUT2D eigenvalue weighted by Crippen LogP contribution is -2.63. The average Bonchev–Trinajstić information content (AvgIpc) is 2.56. The Morgan fingerprint density at radius 1 is 0.875 bits per heavy atom. The summed E-state index contributed by atoms with van der Waals surface area (Å²) in [5.41, 5.74) is 0. The van der Waals surface area contributed by atoms with Crippen LogP contribution in [0.3, 0.4) is 0 Å². The van der Waals surface area contributed by atoms with E-state index in [-0.39, 0.29) is 0 Å². The van der Waals surface area contributed by atoms with E-state index in [0.717, 1.165) is 0 Å². The monoisotopic (exact) mass is 356 g/mol. The van der Waals surface area contributed by atoms with Crippen LogP contribution in [0.4, 0.5) is 0 Å². The van der Waals surface area contributed by atoms with Crippen molar-refractivity contribution in [3.63, 3.8) is 0 Å². The Labute approximate surface area is 134 Å². The van der Waals surface area contributed by atoms with Gasteiger partial charge in [0, 0.05) is 0 Å². The van der Waals surface area contributed by atoms with Crippen LogP contribution in [0.5, 0.6) is 0 Å². The number of aliphatic carboxylic acids is 1. The molecule has 0 aromatic carbocycles. The van der Waals surface area contributed by atoms with Crippen LogP contribution in [0.2, 0.25) is 0 Å². The topological polar surface area (TPSA) is 225 Å². The maximum Gasteiger partial charge on any atom is 0.335 e. The van der Waals surface area contributed by atoms with E-state index in [0.29, 0.717) is 0 Å². The van der Waals surface area contributed by atoms with Gasteiger partial charge in [0.25, 0.3) is 0 Å². The molecule has 0 saturated carbocycles.